The Morgan fingerprint density at radius 3 is 2.95 bits per heavy atom. The highest BCUT2D eigenvalue weighted by atomic mass is 32.2. The zero-order valence-electron chi connectivity index (χ0n) is 12.3. The molecule has 0 aliphatic carbocycles. The van der Waals surface area contributed by atoms with Gasteiger partial charge >= 0.3 is 0 Å². The van der Waals surface area contributed by atoms with Gasteiger partial charge in [0.05, 0.1) is 18.5 Å². The van der Waals surface area contributed by atoms with Gasteiger partial charge in [0.15, 0.2) is 0 Å². The minimum atomic E-state index is -3.10. The number of ether oxygens (including phenoxy) is 1. The Morgan fingerprint density at radius 1 is 1.38 bits per heavy atom. The van der Waals surface area contributed by atoms with Crippen LogP contribution in [-0.4, -0.2) is 62.3 Å². The molecule has 5 nitrogen and oxygen atoms in total. The Bertz CT molecular complexity index is 559. The summed E-state index contributed by atoms with van der Waals surface area (Å²) in [5, 5.41) is 4.27. The van der Waals surface area contributed by atoms with Crippen molar-refractivity contribution in [2.24, 2.45) is 5.92 Å². The lowest BCUT2D eigenvalue weighted by Gasteiger charge is -2.22. The van der Waals surface area contributed by atoms with Gasteiger partial charge < -0.3 is 4.74 Å². The van der Waals surface area contributed by atoms with Crippen LogP contribution in [-0.2, 0) is 21.3 Å². The van der Waals surface area contributed by atoms with E-state index in [0.29, 0.717) is 19.7 Å². The lowest BCUT2D eigenvalue weighted by Crippen LogP contribution is -2.34. The maximum Gasteiger partial charge on any atom is 0.213 e. The topological polar surface area (TPSA) is 49.9 Å². The van der Waals surface area contributed by atoms with Crippen LogP contribution < -0.4 is 0 Å². The summed E-state index contributed by atoms with van der Waals surface area (Å²) >= 11 is 1.71. The van der Waals surface area contributed by atoms with Crippen molar-refractivity contribution in [1.29, 1.82) is 0 Å². The standard InChI is InChI=1S/C14H22N2O3S2/c1-2-21(17,18)16-9-13-8-15(4-5-19-14(13)10-16)7-12-3-6-20-11-12/h3,6,11,13-14H,2,4-5,7-10H2,1H3/t13-,14+/m0/s1. The van der Waals surface area contributed by atoms with Gasteiger partial charge in [-0.3, -0.25) is 4.90 Å². The van der Waals surface area contributed by atoms with Crippen LogP contribution in [0.5, 0.6) is 0 Å². The van der Waals surface area contributed by atoms with Gasteiger partial charge in [0.2, 0.25) is 10.0 Å². The summed E-state index contributed by atoms with van der Waals surface area (Å²) < 4.78 is 31.6. The van der Waals surface area contributed by atoms with Gasteiger partial charge in [-0.1, -0.05) is 0 Å². The van der Waals surface area contributed by atoms with Gasteiger partial charge in [0, 0.05) is 38.6 Å². The number of sulfonamides is 1. The van der Waals surface area contributed by atoms with Crippen LogP contribution in [0.4, 0.5) is 0 Å². The SMILES string of the molecule is CCS(=O)(=O)N1C[C@@H]2CN(Cc3ccsc3)CCO[C@@H]2C1. The predicted octanol–water partition coefficient (Wildman–Crippen LogP) is 1.23. The number of thiophene rings is 1. The monoisotopic (exact) mass is 330 g/mol. The highest BCUT2D eigenvalue weighted by molar-refractivity contribution is 7.89. The highest BCUT2D eigenvalue weighted by Crippen LogP contribution is 2.26. The van der Waals surface area contributed by atoms with Crippen LogP contribution in [0.1, 0.15) is 12.5 Å². The Morgan fingerprint density at radius 2 is 2.24 bits per heavy atom. The number of hydrogen-bond donors (Lipinski definition) is 0. The first-order chi connectivity index (χ1) is 10.1. The zero-order chi connectivity index (χ0) is 14.9. The maximum atomic E-state index is 12.0. The normalized spacial score (nSPS) is 28.4. The molecule has 0 saturated carbocycles. The van der Waals surface area contributed by atoms with Crippen molar-refractivity contribution >= 4 is 21.4 Å². The first kappa shape index (κ1) is 15.4. The van der Waals surface area contributed by atoms with Crippen molar-refractivity contribution in [2.45, 2.75) is 19.6 Å². The average molecular weight is 330 g/mol. The minimum Gasteiger partial charge on any atom is -0.375 e. The van der Waals surface area contributed by atoms with Gasteiger partial charge in [-0.15, -0.1) is 0 Å². The number of fused-ring (bicyclic) bond motifs is 1. The predicted molar refractivity (Wildman–Crippen MR) is 83.9 cm³/mol. The summed E-state index contributed by atoms with van der Waals surface area (Å²) in [5.74, 6) is 0.456. The van der Waals surface area contributed by atoms with E-state index in [1.807, 2.05) is 0 Å². The Labute approximate surface area is 130 Å². The van der Waals surface area contributed by atoms with Gasteiger partial charge in [0.25, 0.3) is 0 Å². The summed E-state index contributed by atoms with van der Waals surface area (Å²) in [5.41, 5.74) is 1.33. The Kier molecular flexibility index (Phi) is 4.66. The zero-order valence-corrected chi connectivity index (χ0v) is 13.9. The first-order valence-corrected chi connectivity index (χ1v) is 9.96. The third kappa shape index (κ3) is 3.48. The van der Waals surface area contributed by atoms with Crippen LogP contribution in [0.25, 0.3) is 0 Å². The molecule has 0 amide bonds. The molecule has 0 bridgehead atoms. The van der Waals surface area contributed by atoms with E-state index in [-0.39, 0.29) is 17.8 Å². The number of rotatable bonds is 4. The van der Waals surface area contributed by atoms with Gasteiger partial charge in [0.1, 0.15) is 0 Å². The molecule has 0 radical (unpaired) electrons. The summed E-state index contributed by atoms with van der Waals surface area (Å²) in [6.45, 7) is 6.27. The van der Waals surface area contributed by atoms with E-state index in [4.69, 9.17) is 4.74 Å². The van der Waals surface area contributed by atoms with Crippen molar-refractivity contribution in [3.63, 3.8) is 0 Å². The molecule has 0 unspecified atom stereocenters. The summed E-state index contributed by atoms with van der Waals surface area (Å²) in [6.07, 6.45) is 0.0544. The molecule has 0 N–H and O–H groups in total. The molecule has 2 aliphatic rings. The second-order valence-corrected chi connectivity index (χ2v) is 8.79. The molecule has 7 heteroatoms. The molecular formula is C14H22N2O3S2. The van der Waals surface area contributed by atoms with E-state index in [0.717, 1.165) is 19.6 Å². The molecule has 2 atom stereocenters. The van der Waals surface area contributed by atoms with Gasteiger partial charge in [-0.05, 0) is 29.3 Å². The molecular weight excluding hydrogens is 308 g/mol. The third-order valence-corrected chi connectivity index (χ3v) is 6.87. The molecule has 2 fully saturated rings. The van der Waals surface area contributed by atoms with Crippen molar-refractivity contribution in [1.82, 2.24) is 9.21 Å². The minimum absolute atomic E-state index is 0.0544. The average Bonchev–Trinajstić information content (AvgIpc) is 3.06. The first-order valence-electron chi connectivity index (χ1n) is 7.41. The fraction of sp³-hybridized carbons (Fsp3) is 0.714. The van der Waals surface area contributed by atoms with E-state index < -0.39 is 10.0 Å². The number of hydrogen-bond acceptors (Lipinski definition) is 5. The molecule has 2 aliphatic heterocycles. The van der Waals surface area contributed by atoms with Crippen molar-refractivity contribution in [2.75, 3.05) is 38.5 Å². The second kappa shape index (κ2) is 6.34. The molecule has 3 heterocycles. The van der Waals surface area contributed by atoms with Crippen molar-refractivity contribution < 1.29 is 13.2 Å². The molecule has 1 aromatic rings. The third-order valence-electron chi connectivity index (χ3n) is 4.32. The van der Waals surface area contributed by atoms with Gasteiger partial charge in [-0.2, -0.15) is 15.6 Å². The van der Waals surface area contributed by atoms with E-state index in [9.17, 15) is 8.42 Å². The molecule has 1 aromatic heterocycles. The van der Waals surface area contributed by atoms with Crippen molar-refractivity contribution in [3.05, 3.63) is 22.4 Å². The highest BCUT2D eigenvalue weighted by Gasteiger charge is 2.40. The number of nitrogens with zero attached hydrogens (tertiary/aromatic N) is 2. The van der Waals surface area contributed by atoms with E-state index in [1.54, 1.807) is 22.6 Å². The quantitative estimate of drug-likeness (QED) is 0.833. The van der Waals surface area contributed by atoms with Crippen LogP contribution in [0.3, 0.4) is 0 Å². The maximum absolute atomic E-state index is 12.0. The molecule has 21 heavy (non-hydrogen) atoms. The lowest BCUT2D eigenvalue weighted by atomic mass is 10.1. The summed E-state index contributed by atoms with van der Waals surface area (Å²) in [6, 6.07) is 2.15. The molecule has 0 aromatic carbocycles. The van der Waals surface area contributed by atoms with Crippen LogP contribution in [0.2, 0.25) is 0 Å². The van der Waals surface area contributed by atoms with E-state index in [2.05, 4.69) is 21.7 Å². The molecule has 0 spiro atoms. The van der Waals surface area contributed by atoms with Crippen LogP contribution in [0.15, 0.2) is 16.8 Å². The molecule has 3 rings (SSSR count). The lowest BCUT2D eigenvalue weighted by molar-refractivity contribution is 0.0546. The van der Waals surface area contributed by atoms with Gasteiger partial charge in [-0.25, -0.2) is 8.42 Å². The second-order valence-electron chi connectivity index (χ2n) is 5.75. The van der Waals surface area contributed by atoms with Crippen LogP contribution >= 0.6 is 11.3 Å². The molecule has 2 saturated heterocycles. The fourth-order valence-electron chi connectivity index (χ4n) is 3.12. The largest absolute Gasteiger partial charge is 0.375 e. The Balaban J connectivity index is 1.65. The smallest absolute Gasteiger partial charge is 0.213 e. The van der Waals surface area contributed by atoms with E-state index in [1.165, 1.54) is 5.56 Å². The fourth-order valence-corrected chi connectivity index (χ4v) is 4.94. The summed E-state index contributed by atoms with van der Waals surface area (Å²) in [4.78, 5) is 2.38. The van der Waals surface area contributed by atoms with E-state index >= 15 is 0 Å². The van der Waals surface area contributed by atoms with Crippen LogP contribution in [0, 0.1) is 5.92 Å². The van der Waals surface area contributed by atoms with Crippen molar-refractivity contribution in [3.8, 4) is 0 Å². The Hall–Kier alpha value is -0.470. The molecule has 118 valence electrons. The summed E-state index contributed by atoms with van der Waals surface area (Å²) in [7, 11) is -3.10.